The molecule has 0 unspecified atom stereocenters. The van der Waals surface area contributed by atoms with Crippen molar-refractivity contribution in [3.63, 3.8) is 0 Å². The zero-order chi connectivity index (χ0) is 16.7. The van der Waals surface area contributed by atoms with Gasteiger partial charge in [0.2, 0.25) is 5.91 Å². The van der Waals surface area contributed by atoms with Gasteiger partial charge in [-0.05, 0) is 24.5 Å². The molecule has 2 aromatic rings. The van der Waals surface area contributed by atoms with Gasteiger partial charge in [-0.1, -0.05) is 26.0 Å². The first kappa shape index (κ1) is 17.1. The number of nitrogens with one attached hydrogen (secondary N) is 1. The molecule has 0 radical (unpaired) electrons. The van der Waals surface area contributed by atoms with Gasteiger partial charge in [-0.2, -0.15) is 0 Å². The second-order valence-electron chi connectivity index (χ2n) is 5.87. The van der Waals surface area contributed by atoms with Gasteiger partial charge in [0.25, 0.3) is 5.56 Å². The standard InChI is InChI=1S/C17H23N3O3/c1-13(2)11-23-9-5-8-18-16(21)10-20-12-19-15-7-4-3-6-14(15)17(20)22/h3-4,6-7,12-13H,5,8-11H2,1-2H3,(H,18,21). The van der Waals surface area contributed by atoms with Gasteiger partial charge < -0.3 is 10.1 Å². The fraction of sp³-hybridized carbons (Fsp3) is 0.471. The number of nitrogens with zero attached hydrogens (tertiary/aromatic N) is 2. The molecule has 1 amide bonds. The zero-order valence-electron chi connectivity index (χ0n) is 13.6. The molecule has 1 aromatic heterocycles. The average molecular weight is 317 g/mol. The van der Waals surface area contributed by atoms with Gasteiger partial charge in [0.05, 0.1) is 17.2 Å². The summed E-state index contributed by atoms with van der Waals surface area (Å²) in [6, 6.07) is 7.10. The number of rotatable bonds is 8. The maximum atomic E-state index is 12.3. The fourth-order valence-electron chi connectivity index (χ4n) is 2.15. The maximum absolute atomic E-state index is 12.3. The van der Waals surface area contributed by atoms with E-state index in [0.29, 0.717) is 30.0 Å². The number of ether oxygens (including phenoxy) is 1. The Morgan fingerprint density at radius 3 is 2.91 bits per heavy atom. The largest absolute Gasteiger partial charge is 0.381 e. The van der Waals surface area contributed by atoms with Crippen LogP contribution >= 0.6 is 0 Å². The molecule has 124 valence electrons. The molecule has 6 heteroatoms. The third kappa shape index (κ3) is 5.17. The van der Waals surface area contributed by atoms with E-state index >= 15 is 0 Å². The molecular weight excluding hydrogens is 294 g/mol. The van der Waals surface area contributed by atoms with Crippen molar-refractivity contribution in [3.05, 3.63) is 40.9 Å². The van der Waals surface area contributed by atoms with Crippen LogP contribution in [-0.4, -0.2) is 35.2 Å². The van der Waals surface area contributed by atoms with Crippen LogP contribution in [0.5, 0.6) is 0 Å². The van der Waals surface area contributed by atoms with Crippen LogP contribution in [0, 0.1) is 5.92 Å². The molecule has 0 aliphatic heterocycles. The number of hydrogen-bond donors (Lipinski definition) is 1. The van der Waals surface area contributed by atoms with E-state index in [4.69, 9.17) is 4.74 Å². The molecular formula is C17H23N3O3. The highest BCUT2D eigenvalue weighted by Gasteiger charge is 2.07. The van der Waals surface area contributed by atoms with Crippen molar-refractivity contribution in [1.29, 1.82) is 0 Å². The molecule has 6 nitrogen and oxygen atoms in total. The summed E-state index contributed by atoms with van der Waals surface area (Å²) in [4.78, 5) is 28.4. The number of carbonyl (C=O) groups excluding carboxylic acids is 1. The number of benzene rings is 1. The molecule has 1 N–H and O–H groups in total. The number of fused-ring (bicyclic) bond motifs is 1. The van der Waals surface area contributed by atoms with Gasteiger partial charge >= 0.3 is 0 Å². The number of amides is 1. The Labute approximate surface area is 135 Å². The first-order valence-electron chi connectivity index (χ1n) is 7.86. The van der Waals surface area contributed by atoms with E-state index in [9.17, 15) is 9.59 Å². The highest BCUT2D eigenvalue weighted by atomic mass is 16.5. The van der Waals surface area contributed by atoms with Crippen LogP contribution in [0.3, 0.4) is 0 Å². The molecule has 2 rings (SSSR count). The lowest BCUT2D eigenvalue weighted by atomic mass is 10.2. The van der Waals surface area contributed by atoms with Crippen LogP contribution in [0.25, 0.3) is 10.9 Å². The van der Waals surface area contributed by atoms with Crippen molar-refractivity contribution in [2.45, 2.75) is 26.8 Å². The molecule has 0 fully saturated rings. The molecule has 0 bridgehead atoms. The molecule has 0 aliphatic carbocycles. The second kappa shape index (κ2) is 8.43. The average Bonchev–Trinajstić information content (AvgIpc) is 2.53. The maximum Gasteiger partial charge on any atom is 0.261 e. The number of aromatic nitrogens is 2. The Morgan fingerprint density at radius 1 is 1.35 bits per heavy atom. The fourth-order valence-corrected chi connectivity index (χ4v) is 2.15. The summed E-state index contributed by atoms with van der Waals surface area (Å²) < 4.78 is 6.77. The summed E-state index contributed by atoms with van der Waals surface area (Å²) in [5.74, 6) is 0.310. The lowest BCUT2D eigenvalue weighted by Gasteiger charge is -2.09. The minimum Gasteiger partial charge on any atom is -0.381 e. The normalized spacial score (nSPS) is 11.1. The van der Waals surface area contributed by atoms with E-state index in [1.807, 2.05) is 6.07 Å². The molecule has 0 aliphatic rings. The molecule has 0 saturated heterocycles. The Balaban J connectivity index is 1.82. The highest BCUT2D eigenvalue weighted by molar-refractivity contribution is 5.78. The quantitative estimate of drug-likeness (QED) is 0.750. The van der Waals surface area contributed by atoms with E-state index in [-0.39, 0.29) is 18.0 Å². The third-order valence-electron chi connectivity index (χ3n) is 3.28. The summed E-state index contributed by atoms with van der Waals surface area (Å²) in [5.41, 5.74) is 0.433. The van der Waals surface area contributed by atoms with Crippen molar-refractivity contribution in [1.82, 2.24) is 14.9 Å². The Morgan fingerprint density at radius 2 is 2.13 bits per heavy atom. The number of hydrogen-bond acceptors (Lipinski definition) is 4. The molecule has 0 spiro atoms. The second-order valence-corrected chi connectivity index (χ2v) is 5.87. The van der Waals surface area contributed by atoms with Gasteiger partial charge in [0.15, 0.2) is 0 Å². The van der Waals surface area contributed by atoms with Crippen molar-refractivity contribution in [2.75, 3.05) is 19.8 Å². The lowest BCUT2D eigenvalue weighted by molar-refractivity contribution is -0.121. The molecule has 23 heavy (non-hydrogen) atoms. The minimum absolute atomic E-state index is 0.0243. The van der Waals surface area contributed by atoms with Gasteiger partial charge in [0, 0.05) is 19.8 Å². The van der Waals surface area contributed by atoms with Crippen molar-refractivity contribution < 1.29 is 9.53 Å². The van der Waals surface area contributed by atoms with Crippen LogP contribution < -0.4 is 10.9 Å². The molecule has 1 aromatic carbocycles. The predicted molar refractivity (Wildman–Crippen MR) is 89.3 cm³/mol. The van der Waals surface area contributed by atoms with E-state index in [0.717, 1.165) is 13.0 Å². The van der Waals surface area contributed by atoms with Crippen LogP contribution in [0.2, 0.25) is 0 Å². The van der Waals surface area contributed by atoms with Crippen molar-refractivity contribution in [2.24, 2.45) is 5.92 Å². The number of carbonyl (C=O) groups is 1. The van der Waals surface area contributed by atoms with E-state index in [2.05, 4.69) is 24.1 Å². The third-order valence-corrected chi connectivity index (χ3v) is 3.28. The summed E-state index contributed by atoms with van der Waals surface area (Å²) in [6.45, 7) is 6.05. The van der Waals surface area contributed by atoms with Crippen LogP contribution in [-0.2, 0) is 16.1 Å². The smallest absolute Gasteiger partial charge is 0.261 e. The van der Waals surface area contributed by atoms with Crippen LogP contribution in [0.1, 0.15) is 20.3 Å². The van der Waals surface area contributed by atoms with Crippen molar-refractivity contribution >= 4 is 16.8 Å². The van der Waals surface area contributed by atoms with Gasteiger partial charge in [0.1, 0.15) is 6.54 Å². The Bertz CT molecular complexity index is 710. The first-order valence-corrected chi connectivity index (χ1v) is 7.86. The van der Waals surface area contributed by atoms with Crippen molar-refractivity contribution in [3.8, 4) is 0 Å². The summed E-state index contributed by atoms with van der Waals surface area (Å²) >= 11 is 0. The van der Waals surface area contributed by atoms with Gasteiger partial charge in [-0.25, -0.2) is 4.98 Å². The first-order chi connectivity index (χ1) is 11.1. The van der Waals surface area contributed by atoms with Crippen LogP contribution in [0.15, 0.2) is 35.4 Å². The minimum atomic E-state index is -0.203. The SMILES string of the molecule is CC(C)COCCCNC(=O)Cn1cnc2ccccc2c1=O. The Hall–Kier alpha value is -2.21. The predicted octanol–water partition coefficient (Wildman–Crippen LogP) is 1.58. The molecule has 0 saturated carbocycles. The van der Waals surface area contributed by atoms with E-state index in [1.165, 1.54) is 10.9 Å². The lowest BCUT2D eigenvalue weighted by Crippen LogP contribution is -2.33. The van der Waals surface area contributed by atoms with E-state index < -0.39 is 0 Å². The summed E-state index contributed by atoms with van der Waals surface area (Å²) in [7, 11) is 0. The molecule has 1 heterocycles. The summed E-state index contributed by atoms with van der Waals surface area (Å²) in [5, 5.41) is 3.31. The van der Waals surface area contributed by atoms with E-state index in [1.54, 1.807) is 18.2 Å². The topological polar surface area (TPSA) is 73.2 Å². The highest BCUT2D eigenvalue weighted by Crippen LogP contribution is 2.04. The number of para-hydroxylation sites is 1. The Kier molecular flexibility index (Phi) is 6.29. The van der Waals surface area contributed by atoms with Crippen LogP contribution in [0.4, 0.5) is 0 Å². The monoisotopic (exact) mass is 317 g/mol. The van der Waals surface area contributed by atoms with Gasteiger partial charge in [-0.15, -0.1) is 0 Å². The summed E-state index contributed by atoms with van der Waals surface area (Å²) in [6.07, 6.45) is 2.17. The van der Waals surface area contributed by atoms with Gasteiger partial charge in [-0.3, -0.25) is 14.2 Å². The zero-order valence-corrected chi connectivity index (χ0v) is 13.6. The molecule has 0 atom stereocenters.